The van der Waals surface area contributed by atoms with E-state index in [0.717, 1.165) is 17.7 Å². The van der Waals surface area contributed by atoms with Crippen molar-refractivity contribution in [3.05, 3.63) is 35.9 Å². The van der Waals surface area contributed by atoms with Gasteiger partial charge in [-0.25, -0.2) is 4.79 Å². The maximum atomic E-state index is 13.3. The maximum absolute atomic E-state index is 13.3. The highest BCUT2D eigenvalue weighted by molar-refractivity contribution is 5.95. The number of carbonyl (C=O) groups excluding carboxylic acids is 4. The molecule has 0 aliphatic heterocycles. The summed E-state index contributed by atoms with van der Waals surface area (Å²) in [5.74, 6) is -2.15. The summed E-state index contributed by atoms with van der Waals surface area (Å²) in [5, 5.41) is 5.11. The van der Waals surface area contributed by atoms with Crippen LogP contribution in [0.1, 0.15) is 58.6 Å². The van der Waals surface area contributed by atoms with E-state index in [4.69, 9.17) is 16.9 Å². The van der Waals surface area contributed by atoms with Gasteiger partial charge in [-0.3, -0.25) is 19.3 Å². The molecule has 174 valence electrons. The Morgan fingerprint density at radius 1 is 1.19 bits per heavy atom. The minimum absolute atomic E-state index is 0.409. The van der Waals surface area contributed by atoms with E-state index in [0.29, 0.717) is 12.1 Å². The first kappa shape index (κ1) is 26.5. The average Bonchev–Trinajstić information content (AvgIpc) is 2.70. The molecular weight excluding hydrogens is 412 g/mol. The van der Waals surface area contributed by atoms with Crippen LogP contribution >= 0.6 is 0 Å². The van der Waals surface area contributed by atoms with Crippen LogP contribution in [0, 0.1) is 12.5 Å². The second-order valence-corrected chi connectivity index (χ2v) is 8.16. The fraction of sp³-hybridized carbons (Fsp3) is 0.478. The molecule has 1 rings (SSSR count). The number of unbranched alkanes of at least 4 members (excludes halogenated alkanes) is 1. The number of carbonyl (C=O) groups is 4. The highest BCUT2D eigenvalue weighted by atomic mass is 16.6. The Kier molecular flexibility index (Phi) is 10.2. The van der Waals surface area contributed by atoms with Gasteiger partial charge in [-0.2, -0.15) is 0 Å². The summed E-state index contributed by atoms with van der Waals surface area (Å²) in [6, 6.07) is 8.15. The smallest absolute Gasteiger partial charge is 0.408 e. The lowest BCUT2D eigenvalue weighted by molar-refractivity contribution is -0.139. The van der Waals surface area contributed by atoms with Gasteiger partial charge in [-0.05, 0) is 32.8 Å². The fourth-order valence-corrected chi connectivity index (χ4v) is 2.82. The average molecular weight is 445 g/mol. The Bertz CT molecular complexity index is 842. The number of nitrogens with two attached hydrogens (primary N) is 1. The number of benzene rings is 1. The number of amides is 4. The minimum Gasteiger partial charge on any atom is -0.444 e. The first-order chi connectivity index (χ1) is 15.0. The number of nitrogens with zero attached hydrogens (tertiary/aromatic N) is 1. The van der Waals surface area contributed by atoms with E-state index >= 15 is 0 Å². The molecule has 9 heteroatoms. The van der Waals surface area contributed by atoms with Gasteiger partial charge in [-0.15, -0.1) is 0 Å². The van der Waals surface area contributed by atoms with Gasteiger partial charge in [0.05, 0.1) is 6.42 Å². The topological polar surface area (TPSA) is 131 Å². The summed E-state index contributed by atoms with van der Waals surface area (Å²) in [6.07, 6.45) is 5.80. The summed E-state index contributed by atoms with van der Waals surface area (Å²) in [6.45, 7) is 7.34. The first-order valence-corrected chi connectivity index (χ1v) is 10.4. The third-order valence-corrected chi connectivity index (χ3v) is 4.22. The van der Waals surface area contributed by atoms with E-state index in [-0.39, 0.29) is 0 Å². The second kappa shape index (κ2) is 12.3. The molecule has 1 aromatic rings. The SMILES string of the molecule is C#CN(C(=O)C(CC(N)=O)NC(=O)OC(C)(C)C)C(C(=O)NCCCC)c1ccccc1. The number of ether oxygens (including phenoxy) is 1. The maximum Gasteiger partial charge on any atom is 0.408 e. The molecule has 0 bridgehead atoms. The van der Waals surface area contributed by atoms with Gasteiger partial charge in [-0.1, -0.05) is 50.1 Å². The predicted octanol–water partition coefficient (Wildman–Crippen LogP) is 1.83. The molecule has 32 heavy (non-hydrogen) atoms. The Hall–Kier alpha value is -3.54. The quantitative estimate of drug-likeness (QED) is 0.288. The zero-order chi connectivity index (χ0) is 24.3. The number of terminal acetylenes is 1. The molecule has 4 amide bonds. The van der Waals surface area contributed by atoms with Crippen LogP contribution < -0.4 is 16.4 Å². The number of rotatable bonds is 10. The molecule has 0 radical (unpaired) electrons. The van der Waals surface area contributed by atoms with E-state index in [1.165, 1.54) is 0 Å². The lowest BCUT2D eigenvalue weighted by Crippen LogP contribution is -2.52. The molecule has 2 unspecified atom stereocenters. The van der Waals surface area contributed by atoms with Crippen LogP contribution in [-0.2, 0) is 19.1 Å². The molecule has 0 saturated carbocycles. The van der Waals surface area contributed by atoms with Gasteiger partial charge in [0.15, 0.2) is 0 Å². The lowest BCUT2D eigenvalue weighted by Gasteiger charge is -2.30. The lowest BCUT2D eigenvalue weighted by atomic mass is 10.0. The van der Waals surface area contributed by atoms with Crippen molar-refractivity contribution in [2.45, 2.75) is 64.6 Å². The molecule has 0 heterocycles. The molecule has 2 atom stereocenters. The largest absolute Gasteiger partial charge is 0.444 e. The Morgan fingerprint density at radius 2 is 1.81 bits per heavy atom. The zero-order valence-corrected chi connectivity index (χ0v) is 19.0. The molecule has 0 aliphatic carbocycles. The number of hydrogen-bond donors (Lipinski definition) is 3. The van der Waals surface area contributed by atoms with E-state index in [2.05, 4.69) is 16.7 Å². The summed E-state index contributed by atoms with van der Waals surface area (Å²) < 4.78 is 5.17. The van der Waals surface area contributed by atoms with Gasteiger partial charge in [0.2, 0.25) is 11.8 Å². The number of hydrogen-bond acceptors (Lipinski definition) is 5. The van der Waals surface area contributed by atoms with E-state index in [9.17, 15) is 19.2 Å². The van der Waals surface area contributed by atoms with Crippen LogP contribution in [-0.4, -0.2) is 46.9 Å². The molecule has 1 aromatic carbocycles. The van der Waals surface area contributed by atoms with Crippen molar-refractivity contribution in [2.24, 2.45) is 5.73 Å². The van der Waals surface area contributed by atoms with Gasteiger partial charge in [0.1, 0.15) is 17.7 Å². The van der Waals surface area contributed by atoms with Gasteiger partial charge in [0.25, 0.3) is 5.91 Å². The number of primary amides is 1. The second-order valence-electron chi connectivity index (χ2n) is 8.16. The van der Waals surface area contributed by atoms with Crippen LogP contribution in [0.3, 0.4) is 0 Å². The molecule has 0 spiro atoms. The van der Waals surface area contributed by atoms with Crippen LogP contribution in [0.25, 0.3) is 0 Å². The highest BCUT2D eigenvalue weighted by Gasteiger charge is 2.36. The van der Waals surface area contributed by atoms with Gasteiger partial charge in [0, 0.05) is 12.6 Å². The molecule has 9 nitrogen and oxygen atoms in total. The third-order valence-electron chi connectivity index (χ3n) is 4.22. The van der Waals surface area contributed by atoms with Crippen molar-refractivity contribution in [1.29, 1.82) is 0 Å². The Morgan fingerprint density at radius 3 is 2.31 bits per heavy atom. The van der Waals surface area contributed by atoms with Crippen molar-refractivity contribution in [3.8, 4) is 12.5 Å². The molecule has 0 aliphatic rings. The van der Waals surface area contributed by atoms with E-state index in [1.807, 2.05) is 6.92 Å². The number of nitrogens with one attached hydrogen (secondary N) is 2. The summed E-state index contributed by atoms with van der Waals surface area (Å²) in [5.41, 5.74) is 4.91. The van der Waals surface area contributed by atoms with Crippen molar-refractivity contribution in [3.63, 3.8) is 0 Å². The van der Waals surface area contributed by atoms with Crippen LogP contribution in [0.15, 0.2) is 30.3 Å². The van der Waals surface area contributed by atoms with E-state index in [1.54, 1.807) is 51.1 Å². The Labute approximate surface area is 189 Å². The van der Waals surface area contributed by atoms with Crippen molar-refractivity contribution in [1.82, 2.24) is 15.5 Å². The standard InChI is InChI=1S/C23H32N4O5/c1-6-8-14-25-20(29)19(16-12-10-9-11-13-16)27(7-2)21(30)17(15-18(24)28)26-22(31)32-23(3,4)5/h2,9-13,17,19H,6,8,14-15H2,1,3-5H3,(H2,24,28)(H,25,29)(H,26,31). The Balaban J connectivity index is 3.25. The fourth-order valence-electron chi connectivity index (χ4n) is 2.82. The summed E-state index contributed by atoms with van der Waals surface area (Å²) in [7, 11) is 0. The van der Waals surface area contributed by atoms with Crippen LogP contribution in [0.4, 0.5) is 4.79 Å². The van der Waals surface area contributed by atoms with E-state index < -0.39 is 47.9 Å². The molecule has 0 fully saturated rings. The molecule has 0 aromatic heterocycles. The monoisotopic (exact) mass is 444 g/mol. The first-order valence-electron chi connectivity index (χ1n) is 10.4. The van der Waals surface area contributed by atoms with Gasteiger partial charge < -0.3 is 21.1 Å². The zero-order valence-electron chi connectivity index (χ0n) is 19.0. The van der Waals surface area contributed by atoms with Crippen molar-refractivity contribution >= 4 is 23.8 Å². The molecule has 0 saturated heterocycles. The number of alkyl carbamates (subject to hydrolysis) is 1. The van der Waals surface area contributed by atoms with Crippen molar-refractivity contribution < 1.29 is 23.9 Å². The third kappa shape index (κ3) is 8.68. The van der Waals surface area contributed by atoms with Gasteiger partial charge >= 0.3 is 6.09 Å². The predicted molar refractivity (Wildman–Crippen MR) is 120 cm³/mol. The normalized spacial score (nSPS) is 12.6. The van der Waals surface area contributed by atoms with Crippen LogP contribution in [0.5, 0.6) is 0 Å². The van der Waals surface area contributed by atoms with Crippen molar-refractivity contribution in [2.75, 3.05) is 6.54 Å². The minimum atomic E-state index is -1.41. The molecule has 4 N–H and O–H groups in total. The summed E-state index contributed by atoms with van der Waals surface area (Å²) in [4.78, 5) is 50.9. The highest BCUT2D eigenvalue weighted by Crippen LogP contribution is 2.22. The molecular formula is C23H32N4O5. The summed E-state index contributed by atoms with van der Waals surface area (Å²) >= 11 is 0. The van der Waals surface area contributed by atoms with Crippen LogP contribution in [0.2, 0.25) is 0 Å².